The Morgan fingerprint density at radius 3 is 2.59 bits per heavy atom. The summed E-state index contributed by atoms with van der Waals surface area (Å²) in [5.41, 5.74) is -0.161. The van der Waals surface area contributed by atoms with Gasteiger partial charge in [-0.05, 0) is 30.2 Å². The number of halogens is 3. The highest BCUT2D eigenvalue weighted by atomic mass is 32.2. The number of fused-ring (bicyclic) bond motifs is 1. The fourth-order valence-electron chi connectivity index (χ4n) is 2.72. The highest BCUT2D eigenvalue weighted by molar-refractivity contribution is 7.99. The lowest BCUT2D eigenvalue weighted by atomic mass is 10.2. The predicted molar refractivity (Wildman–Crippen MR) is 107 cm³/mol. The van der Waals surface area contributed by atoms with Crippen molar-refractivity contribution in [3.05, 3.63) is 64.2 Å². The van der Waals surface area contributed by atoms with Gasteiger partial charge in [0.15, 0.2) is 22.6 Å². The molecule has 0 radical (unpaired) electrons. The molecule has 0 atom stereocenters. The molecule has 0 aliphatic rings. The van der Waals surface area contributed by atoms with Gasteiger partial charge in [-0.2, -0.15) is 0 Å². The minimum Gasteiger partial charge on any atom is -0.323 e. The lowest BCUT2D eigenvalue weighted by Crippen LogP contribution is -2.26. The van der Waals surface area contributed by atoms with Crippen molar-refractivity contribution >= 4 is 34.3 Å². The zero-order chi connectivity index (χ0) is 21.1. The summed E-state index contributed by atoms with van der Waals surface area (Å²) >= 11 is 1.01. The molecule has 1 heterocycles. The van der Waals surface area contributed by atoms with Gasteiger partial charge in [-0.3, -0.25) is 14.2 Å². The normalized spacial score (nSPS) is 11.2. The minimum absolute atomic E-state index is 0.167. The molecule has 1 N–H and O–H groups in total. The highest BCUT2D eigenvalue weighted by Crippen LogP contribution is 2.22. The van der Waals surface area contributed by atoms with Gasteiger partial charge in [0.1, 0.15) is 0 Å². The van der Waals surface area contributed by atoms with Gasteiger partial charge in [-0.25, -0.2) is 18.2 Å². The number of thioether (sulfide) groups is 1. The van der Waals surface area contributed by atoms with Gasteiger partial charge in [0, 0.05) is 6.54 Å². The van der Waals surface area contributed by atoms with Crippen molar-refractivity contribution in [1.29, 1.82) is 0 Å². The number of benzene rings is 2. The van der Waals surface area contributed by atoms with Gasteiger partial charge in [0.05, 0.1) is 22.3 Å². The summed E-state index contributed by atoms with van der Waals surface area (Å²) in [6.45, 7) is 4.32. The van der Waals surface area contributed by atoms with Gasteiger partial charge in [-0.1, -0.05) is 37.7 Å². The monoisotopic (exact) mass is 421 g/mol. The van der Waals surface area contributed by atoms with E-state index in [0.29, 0.717) is 22.6 Å². The van der Waals surface area contributed by atoms with E-state index in [1.54, 1.807) is 24.3 Å². The van der Waals surface area contributed by atoms with Crippen LogP contribution in [0.4, 0.5) is 18.9 Å². The van der Waals surface area contributed by atoms with Crippen molar-refractivity contribution in [1.82, 2.24) is 9.55 Å². The number of amides is 1. The van der Waals surface area contributed by atoms with Crippen LogP contribution in [0.5, 0.6) is 0 Å². The third kappa shape index (κ3) is 4.61. The van der Waals surface area contributed by atoms with E-state index in [9.17, 15) is 22.8 Å². The Labute approximate surface area is 169 Å². The van der Waals surface area contributed by atoms with Gasteiger partial charge in [-0.15, -0.1) is 0 Å². The first-order valence-corrected chi connectivity index (χ1v) is 9.82. The minimum atomic E-state index is -1.66. The van der Waals surface area contributed by atoms with Crippen molar-refractivity contribution in [2.45, 2.75) is 25.5 Å². The third-order valence-corrected chi connectivity index (χ3v) is 4.99. The average molecular weight is 421 g/mol. The van der Waals surface area contributed by atoms with Crippen LogP contribution in [0.25, 0.3) is 10.9 Å². The SMILES string of the molecule is CC(C)Cn1c(SCC(=O)Nc2ccc(F)c(F)c2F)nc2ccccc2c1=O. The van der Waals surface area contributed by atoms with Crippen LogP contribution < -0.4 is 10.9 Å². The molecule has 0 aliphatic carbocycles. The summed E-state index contributed by atoms with van der Waals surface area (Å²) in [5.74, 6) is -5.13. The molecule has 2 aromatic carbocycles. The Morgan fingerprint density at radius 1 is 1.14 bits per heavy atom. The number of nitrogens with zero attached hydrogens (tertiary/aromatic N) is 2. The molecule has 3 rings (SSSR count). The summed E-state index contributed by atoms with van der Waals surface area (Å²) in [4.78, 5) is 29.5. The molecule has 0 saturated heterocycles. The lowest BCUT2D eigenvalue weighted by Gasteiger charge is -2.15. The Kier molecular flexibility index (Phi) is 6.26. The number of hydrogen-bond acceptors (Lipinski definition) is 4. The molecular formula is C20H18F3N3O2S. The number of carbonyl (C=O) groups excluding carboxylic acids is 1. The number of aromatic nitrogens is 2. The summed E-state index contributed by atoms with van der Waals surface area (Å²) < 4.78 is 41.5. The maximum absolute atomic E-state index is 13.7. The second-order valence-electron chi connectivity index (χ2n) is 6.78. The Bertz CT molecular complexity index is 1130. The smallest absolute Gasteiger partial charge is 0.262 e. The third-order valence-electron chi connectivity index (χ3n) is 4.02. The van der Waals surface area contributed by atoms with Crippen LogP contribution in [-0.4, -0.2) is 21.2 Å². The largest absolute Gasteiger partial charge is 0.323 e. The summed E-state index contributed by atoms with van der Waals surface area (Å²) in [6, 6.07) is 8.58. The topological polar surface area (TPSA) is 64.0 Å². The zero-order valence-corrected chi connectivity index (χ0v) is 16.5. The van der Waals surface area contributed by atoms with Crippen LogP contribution in [0, 0.1) is 23.4 Å². The van der Waals surface area contributed by atoms with E-state index in [0.717, 1.165) is 23.9 Å². The molecule has 1 aromatic heterocycles. The number of nitrogens with one attached hydrogen (secondary N) is 1. The van der Waals surface area contributed by atoms with Crippen LogP contribution in [-0.2, 0) is 11.3 Å². The van der Waals surface area contributed by atoms with Crippen LogP contribution in [0.3, 0.4) is 0 Å². The van der Waals surface area contributed by atoms with E-state index in [1.165, 1.54) is 4.57 Å². The lowest BCUT2D eigenvalue weighted by molar-refractivity contribution is -0.113. The average Bonchev–Trinajstić information content (AvgIpc) is 2.69. The predicted octanol–water partition coefficient (Wildman–Crippen LogP) is 4.20. The van der Waals surface area contributed by atoms with Crippen molar-refractivity contribution in [3.63, 3.8) is 0 Å². The van der Waals surface area contributed by atoms with Crippen molar-refractivity contribution in [3.8, 4) is 0 Å². The molecule has 3 aromatic rings. The molecule has 0 fully saturated rings. The number of hydrogen-bond donors (Lipinski definition) is 1. The van der Waals surface area contributed by atoms with E-state index in [-0.39, 0.29) is 17.2 Å². The first-order valence-electron chi connectivity index (χ1n) is 8.83. The number of carbonyl (C=O) groups is 1. The Balaban J connectivity index is 1.83. The maximum atomic E-state index is 13.7. The van der Waals surface area contributed by atoms with Gasteiger partial charge in [0.25, 0.3) is 5.56 Å². The van der Waals surface area contributed by atoms with E-state index < -0.39 is 29.0 Å². The van der Waals surface area contributed by atoms with Crippen molar-refractivity contribution in [2.24, 2.45) is 5.92 Å². The van der Waals surface area contributed by atoms with Gasteiger partial charge in [0.2, 0.25) is 5.91 Å². The highest BCUT2D eigenvalue weighted by Gasteiger charge is 2.17. The molecular weight excluding hydrogens is 403 g/mol. The summed E-state index contributed by atoms with van der Waals surface area (Å²) in [7, 11) is 0. The molecule has 0 bridgehead atoms. The number of para-hydroxylation sites is 1. The first-order chi connectivity index (χ1) is 13.8. The molecule has 9 heteroatoms. The summed E-state index contributed by atoms with van der Waals surface area (Å²) in [5, 5.41) is 3.03. The van der Waals surface area contributed by atoms with Crippen molar-refractivity contribution < 1.29 is 18.0 Å². The quantitative estimate of drug-likeness (QED) is 0.368. The molecule has 5 nitrogen and oxygen atoms in total. The van der Waals surface area contributed by atoms with E-state index >= 15 is 0 Å². The van der Waals surface area contributed by atoms with Crippen LogP contribution in [0.1, 0.15) is 13.8 Å². The first kappa shape index (κ1) is 20.9. The van der Waals surface area contributed by atoms with E-state index in [4.69, 9.17) is 0 Å². The molecule has 1 amide bonds. The Morgan fingerprint density at radius 2 is 1.86 bits per heavy atom. The van der Waals surface area contributed by atoms with E-state index in [2.05, 4.69) is 10.3 Å². The fourth-order valence-corrected chi connectivity index (χ4v) is 3.53. The number of rotatable bonds is 6. The second kappa shape index (κ2) is 8.69. The van der Waals surface area contributed by atoms with Crippen LogP contribution in [0.15, 0.2) is 46.3 Å². The molecule has 0 saturated carbocycles. The van der Waals surface area contributed by atoms with Crippen LogP contribution >= 0.6 is 11.8 Å². The standard InChI is InChI=1S/C20H18F3N3O2S/c1-11(2)9-26-19(28)12-5-3-4-6-14(12)25-20(26)29-10-16(27)24-15-8-7-13(21)17(22)18(15)23/h3-8,11H,9-10H2,1-2H3,(H,24,27). The van der Waals surface area contributed by atoms with E-state index in [1.807, 2.05) is 13.8 Å². The molecule has 152 valence electrons. The molecule has 29 heavy (non-hydrogen) atoms. The van der Waals surface area contributed by atoms with Gasteiger partial charge >= 0.3 is 0 Å². The summed E-state index contributed by atoms with van der Waals surface area (Å²) in [6.07, 6.45) is 0. The molecule has 0 spiro atoms. The van der Waals surface area contributed by atoms with Gasteiger partial charge < -0.3 is 5.32 Å². The molecule has 0 aliphatic heterocycles. The Hall–Kier alpha value is -2.81. The molecule has 0 unspecified atom stereocenters. The maximum Gasteiger partial charge on any atom is 0.262 e. The zero-order valence-electron chi connectivity index (χ0n) is 15.7. The number of anilines is 1. The van der Waals surface area contributed by atoms with Crippen molar-refractivity contribution in [2.75, 3.05) is 11.1 Å². The second-order valence-corrected chi connectivity index (χ2v) is 7.72. The van der Waals surface area contributed by atoms with Crippen LogP contribution in [0.2, 0.25) is 0 Å². The fraction of sp³-hybridized carbons (Fsp3) is 0.250.